The molecule has 2 heteroatoms. The molecule has 1 saturated carbocycles. The Bertz CT molecular complexity index is 383. The van der Waals surface area contributed by atoms with Crippen molar-refractivity contribution in [1.29, 1.82) is 0 Å². The topological polar surface area (TPSA) is 21.3 Å². The molecular formula is C15H23NO. The monoisotopic (exact) mass is 233 g/mol. The van der Waals surface area contributed by atoms with E-state index in [0.29, 0.717) is 5.41 Å². The van der Waals surface area contributed by atoms with Crippen LogP contribution in [0.5, 0.6) is 5.75 Å². The summed E-state index contributed by atoms with van der Waals surface area (Å²) in [6.07, 6.45) is 4.08. The van der Waals surface area contributed by atoms with Gasteiger partial charge in [0.25, 0.3) is 0 Å². The van der Waals surface area contributed by atoms with Crippen LogP contribution in [0.4, 0.5) is 0 Å². The van der Waals surface area contributed by atoms with Gasteiger partial charge >= 0.3 is 0 Å². The molecular weight excluding hydrogens is 210 g/mol. The number of hydrogen-bond acceptors (Lipinski definition) is 2. The van der Waals surface area contributed by atoms with E-state index in [1.807, 2.05) is 0 Å². The van der Waals surface area contributed by atoms with Gasteiger partial charge in [-0.1, -0.05) is 24.6 Å². The minimum absolute atomic E-state index is 0.608. The van der Waals surface area contributed by atoms with E-state index in [4.69, 9.17) is 4.74 Å². The summed E-state index contributed by atoms with van der Waals surface area (Å²) in [6.45, 7) is 6.46. The fraction of sp³-hybridized carbons (Fsp3) is 0.600. The Labute approximate surface area is 104 Å². The highest BCUT2D eigenvalue weighted by molar-refractivity contribution is 5.36. The predicted molar refractivity (Wildman–Crippen MR) is 71.4 cm³/mol. The second-order valence-corrected chi connectivity index (χ2v) is 5.27. The van der Waals surface area contributed by atoms with E-state index in [1.54, 1.807) is 7.11 Å². The van der Waals surface area contributed by atoms with E-state index >= 15 is 0 Å². The van der Waals surface area contributed by atoms with Crippen molar-refractivity contribution in [1.82, 2.24) is 5.32 Å². The summed E-state index contributed by atoms with van der Waals surface area (Å²) < 4.78 is 5.38. The van der Waals surface area contributed by atoms with Crippen LogP contribution in [0.1, 0.15) is 37.3 Å². The quantitative estimate of drug-likeness (QED) is 0.814. The maximum atomic E-state index is 5.38. The van der Waals surface area contributed by atoms with E-state index in [0.717, 1.165) is 18.8 Å². The minimum Gasteiger partial charge on any atom is -0.496 e. The fourth-order valence-corrected chi connectivity index (χ4v) is 2.34. The minimum atomic E-state index is 0.608. The molecule has 0 saturated heterocycles. The van der Waals surface area contributed by atoms with Gasteiger partial charge in [0.1, 0.15) is 5.75 Å². The smallest absolute Gasteiger partial charge is 0.123 e. The Kier molecular flexibility index (Phi) is 3.72. The molecule has 2 rings (SSSR count). The van der Waals surface area contributed by atoms with Crippen LogP contribution in [-0.2, 0) is 6.54 Å². The van der Waals surface area contributed by atoms with Gasteiger partial charge in [0.15, 0.2) is 0 Å². The molecule has 2 nitrogen and oxygen atoms in total. The Hall–Kier alpha value is -1.02. The molecule has 1 aliphatic rings. The maximum Gasteiger partial charge on any atom is 0.123 e. The second-order valence-electron chi connectivity index (χ2n) is 5.27. The first-order valence-corrected chi connectivity index (χ1v) is 6.53. The third kappa shape index (κ3) is 3.01. The third-order valence-electron chi connectivity index (χ3n) is 3.96. The van der Waals surface area contributed by atoms with Gasteiger partial charge in [-0.2, -0.15) is 0 Å². The van der Waals surface area contributed by atoms with Crippen LogP contribution < -0.4 is 10.1 Å². The molecule has 0 spiro atoms. The van der Waals surface area contributed by atoms with Gasteiger partial charge in [-0.3, -0.25) is 0 Å². The van der Waals surface area contributed by atoms with Gasteiger partial charge in [0.2, 0.25) is 0 Å². The first-order valence-electron chi connectivity index (χ1n) is 6.53. The fourth-order valence-electron chi connectivity index (χ4n) is 2.34. The molecule has 0 bridgehead atoms. The van der Waals surface area contributed by atoms with Crippen molar-refractivity contribution in [3.05, 3.63) is 29.3 Å². The summed E-state index contributed by atoms with van der Waals surface area (Å²) in [4.78, 5) is 0. The molecule has 0 aromatic heterocycles. The summed E-state index contributed by atoms with van der Waals surface area (Å²) in [5.74, 6) is 0.990. The number of benzene rings is 1. The van der Waals surface area contributed by atoms with E-state index < -0.39 is 0 Å². The first-order chi connectivity index (χ1) is 8.19. The van der Waals surface area contributed by atoms with Crippen LogP contribution in [0.25, 0.3) is 0 Å². The van der Waals surface area contributed by atoms with Gasteiger partial charge in [-0.05, 0) is 37.7 Å². The zero-order valence-corrected chi connectivity index (χ0v) is 11.2. The molecule has 0 amide bonds. The summed E-state index contributed by atoms with van der Waals surface area (Å²) >= 11 is 0. The molecule has 0 heterocycles. The molecule has 1 N–H and O–H groups in total. The average molecular weight is 233 g/mol. The lowest BCUT2D eigenvalue weighted by Crippen LogP contribution is -2.23. The molecule has 0 aliphatic heterocycles. The number of methoxy groups -OCH3 is 1. The van der Waals surface area contributed by atoms with Gasteiger partial charge in [0, 0.05) is 18.7 Å². The van der Waals surface area contributed by atoms with Crippen molar-refractivity contribution in [3.63, 3.8) is 0 Å². The van der Waals surface area contributed by atoms with E-state index in [1.165, 1.54) is 30.4 Å². The van der Waals surface area contributed by atoms with E-state index in [-0.39, 0.29) is 0 Å². The van der Waals surface area contributed by atoms with Crippen molar-refractivity contribution in [2.45, 2.75) is 39.7 Å². The predicted octanol–water partition coefficient (Wildman–Crippen LogP) is 3.28. The molecule has 1 aliphatic carbocycles. The maximum absolute atomic E-state index is 5.38. The number of hydrogen-bond donors (Lipinski definition) is 1. The highest BCUT2D eigenvalue weighted by Crippen LogP contribution is 2.47. The normalized spacial score (nSPS) is 16.9. The molecule has 17 heavy (non-hydrogen) atoms. The van der Waals surface area contributed by atoms with Crippen molar-refractivity contribution in [2.24, 2.45) is 5.41 Å². The number of ether oxygens (including phenoxy) is 1. The summed E-state index contributed by atoms with van der Waals surface area (Å²) in [5.41, 5.74) is 3.16. The van der Waals surface area contributed by atoms with Gasteiger partial charge in [-0.15, -0.1) is 0 Å². The highest BCUT2D eigenvalue weighted by Gasteiger charge is 2.39. The number of aryl methyl sites for hydroxylation is 1. The SMILES string of the molecule is CCC1(CNCc2cc(C)ccc2OC)CC1. The largest absolute Gasteiger partial charge is 0.496 e. The Balaban J connectivity index is 1.91. The van der Waals surface area contributed by atoms with E-state index in [2.05, 4.69) is 37.4 Å². The summed E-state index contributed by atoms with van der Waals surface area (Å²) in [5, 5.41) is 3.58. The standard InChI is InChI=1S/C15H23NO/c1-4-15(7-8-15)11-16-10-13-9-12(2)5-6-14(13)17-3/h5-6,9,16H,4,7-8,10-11H2,1-3H3. The molecule has 0 unspecified atom stereocenters. The summed E-state index contributed by atoms with van der Waals surface area (Å²) in [7, 11) is 1.74. The number of nitrogens with one attached hydrogen (secondary N) is 1. The van der Waals surface area contributed by atoms with Crippen LogP contribution in [0.15, 0.2) is 18.2 Å². The lowest BCUT2D eigenvalue weighted by molar-refractivity contribution is 0.401. The molecule has 0 atom stereocenters. The molecule has 0 radical (unpaired) electrons. The van der Waals surface area contributed by atoms with Crippen LogP contribution >= 0.6 is 0 Å². The Morgan fingerprint density at radius 2 is 2.12 bits per heavy atom. The molecule has 94 valence electrons. The number of rotatable bonds is 6. The van der Waals surface area contributed by atoms with Crippen LogP contribution in [-0.4, -0.2) is 13.7 Å². The Morgan fingerprint density at radius 3 is 2.71 bits per heavy atom. The lowest BCUT2D eigenvalue weighted by atomic mass is 10.0. The highest BCUT2D eigenvalue weighted by atomic mass is 16.5. The van der Waals surface area contributed by atoms with Crippen molar-refractivity contribution < 1.29 is 4.74 Å². The first kappa shape index (κ1) is 12.4. The van der Waals surface area contributed by atoms with Gasteiger partial charge in [0.05, 0.1) is 7.11 Å². The summed E-state index contributed by atoms with van der Waals surface area (Å²) in [6, 6.07) is 6.35. The third-order valence-corrected chi connectivity index (χ3v) is 3.96. The zero-order valence-electron chi connectivity index (χ0n) is 11.2. The van der Waals surface area contributed by atoms with Crippen molar-refractivity contribution in [2.75, 3.05) is 13.7 Å². The molecule has 1 aromatic rings. The van der Waals surface area contributed by atoms with E-state index in [9.17, 15) is 0 Å². The second kappa shape index (κ2) is 5.09. The van der Waals surface area contributed by atoms with Crippen LogP contribution in [0.2, 0.25) is 0 Å². The van der Waals surface area contributed by atoms with Crippen molar-refractivity contribution >= 4 is 0 Å². The van der Waals surface area contributed by atoms with Crippen LogP contribution in [0, 0.1) is 12.3 Å². The van der Waals surface area contributed by atoms with Gasteiger partial charge < -0.3 is 10.1 Å². The zero-order chi connectivity index (χ0) is 12.3. The lowest BCUT2D eigenvalue weighted by Gasteiger charge is -2.15. The van der Waals surface area contributed by atoms with Gasteiger partial charge in [-0.25, -0.2) is 0 Å². The average Bonchev–Trinajstić information content (AvgIpc) is 3.10. The molecule has 1 aromatic carbocycles. The van der Waals surface area contributed by atoms with Crippen LogP contribution in [0.3, 0.4) is 0 Å². The van der Waals surface area contributed by atoms with Crippen molar-refractivity contribution in [3.8, 4) is 5.75 Å². The Morgan fingerprint density at radius 1 is 1.35 bits per heavy atom. The molecule has 1 fully saturated rings.